The molecule has 0 radical (unpaired) electrons. The lowest BCUT2D eigenvalue weighted by Crippen LogP contribution is -2.36. The number of urea groups is 1. The molecule has 3 rings (SSSR count). The Morgan fingerprint density at radius 2 is 2.27 bits per heavy atom. The van der Waals surface area contributed by atoms with Crippen LogP contribution >= 0.6 is 11.3 Å². The number of carbonyl (C=O) groups excluding carboxylic acids is 1. The average Bonchev–Trinajstić information content (AvgIpc) is 2.96. The second-order valence-electron chi connectivity index (χ2n) is 4.95. The molecule has 1 aliphatic rings. The summed E-state index contributed by atoms with van der Waals surface area (Å²) in [5.74, 6) is 0. The molecule has 0 saturated heterocycles. The topological polar surface area (TPSA) is 58.4 Å². The van der Waals surface area contributed by atoms with Crippen molar-refractivity contribution in [3.63, 3.8) is 0 Å². The van der Waals surface area contributed by atoms with E-state index in [1.807, 2.05) is 0 Å². The van der Waals surface area contributed by atoms with Crippen molar-refractivity contribution in [3.8, 4) is 0 Å². The first-order valence-electron chi connectivity index (χ1n) is 6.55. The molecule has 5 nitrogen and oxygen atoms in total. The lowest BCUT2D eigenvalue weighted by molar-refractivity contribution is -0.134. The van der Waals surface area contributed by atoms with Gasteiger partial charge in [-0.05, 0) is 18.9 Å². The number of thiazole rings is 1. The number of nitrogens with one attached hydrogen (secondary N) is 1. The molecule has 2 aromatic heterocycles. The molecule has 0 atom stereocenters. The maximum atomic E-state index is 12.5. The summed E-state index contributed by atoms with van der Waals surface area (Å²) in [7, 11) is 0. The Labute approximate surface area is 127 Å². The Morgan fingerprint density at radius 1 is 1.50 bits per heavy atom. The van der Waals surface area contributed by atoms with Crippen LogP contribution in [-0.2, 0) is 12.7 Å². The molecule has 1 N–H and O–H groups in total. The lowest BCUT2D eigenvalue weighted by atomic mass is 10.3. The molecule has 0 aliphatic heterocycles. The van der Waals surface area contributed by atoms with Gasteiger partial charge in [-0.25, -0.2) is 9.78 Å². The van der Waals surface area contributed by atoms with Crippen molar-refractivity contribution in [3.05, 3.63) is 35.2 Å². The van der Waals surface area contributed by atoms with Gasteiger partial charge in [-0.3, -0.25) is 5.32 Å². The monoisotopic (exact) mass is 331 g/mol. The molecule has 1 aliphatic carbocycles. The van der Waals surface area contributed by atoms with Crippen molar-refractivity contribution in [2.24, 2.45) is 0 Å². The van der Waals surface area contributed by atoms with E-state index in [1.54, 1.807) is 11.0 Å². The summed E-state index contributed by atoms with van der Waals surface area (Å²) in [5.41, 5.74) is 0.831. The Kier molecular flexibility index (Phi) is 3.81. The normalized spacial score (nSPS) is 14.9. The summed E-state index contributed by atoms with van der Waals surface area (Å²) < 4.78 is 42.5. The molecule has 2 aromatic rings. The minimum atomic E-state index is -4.45. The third kappa shape index (κ3) is 3.41. The summed E-state index contributed by atoms with van der Waals surface area (Å²) >= 11 is 0.412. The Balaban J connectivity index is 1.67. The van der Waals surface area contributed by atoms with Gasteiger partial charge in [0.15, 0.2) is 5.13 Å². The quantitative estimate of drug-likeness (QED) is 0.923. The second kappa shape index (κ2) is 5.64. The number of halogens is 3. The maximum absolute atomic E-state index is 12.5. The van der Waals surface area contributed by atoms with E-state index in [2.05, 4.69) is 10.3 Å². The van der Waals surface area contributed by atoms with Gasteiger partial charge in [0.25, 0.3) is 0 Å². The van der Waals surface area contributed by atoms with Crippen LogP contribution in [0.15, 0.2) is 29.2 Å². The fourth-order valence-electron chi connectivity index (χ4n) is 1.96. The predicted molar refractivity (Wildman–Crippen MR) is 73.4 cm³/mol. The highest BCUT2D eigenvalue weighted by atomic mass is 32.1. The molecular formula is C13H12F3N3O2S. The number of amides is 2. The fourth-order valence-corrected chi connectivity index (χ4v) is 2.63. The number of alkyl halides is 3. The van der Waals surface area contributed by atoms with Gasteiger partial charge in [-0.2, -0.15) is 13.2 Å². The maximum Gasteiger partial charge on any atom is 0.427 e. The lowest BCUT2D eigenvalue weighted by Gasteiger charge is -2.21. The minimum Gasteiger partial charge on any atom is -0.472 e. The number of furan rings is 1. The number of hydrogen-bond acceptors (Lipinski definition) is 4. The van der Waals surface area contributed by atoms with E-state index >= 15 is 0 Å². The number of rotatable bonds is 4. The van der Waals surface area contributed by atoms with E-state index in [0.29, 0.717) is 17.9 Å². The van der Waals surface area contributed by atoms with Crippen LogP contribution in [-0.4, -0.2) is 22.0 Å². The summed E-state index contributed by atoms with van der Waals surface area (Å²) in [4.78, 5) is 16.6. The van der Waals surface area contributed by atoms with Gasteiger partial charge in [-0.15, -0.1) is 0 Å². The number of hydrogen-bond donors (Lipinski definition) is 1. The van der Waals surface area contributed by atoms with E-state index in [4.69, 9.17) is 4.42 Å². The predicted octanol–water partition coefficient (Wildman–Crippen LogP) is 3.95. The summed E-state index contributed by atoms with van der Waals surface area (Å²) in [6, 6.07) is 1.40. The van der Waals surface area contributed by atoms with Crippen LogP contribution in [0.4, 0.5) is 23.1 Å². The standard InChI is InChI=1S/C13H12F3N3O2S/c14-13(15,16)10-5-17-11(22-10)18-12(20)19(9-1-2-9)6-8-3-4-21-7-8/h3-5,7,9H,1-2,6H2,(H,17,18,20). The highest BCUT2D eigenvalue weighted by Crippen LogP contribution is 2.35. The minimum absolute atomic E-state index is 0.0600. The van der Waals surface area contributed by atoms with Crippen molar-refractivity contribution < 1.29 is 22.4 Å². The first kappa shape index (κ1) is 14.9. The number of nitrogens with zero attached hydrogens (tertiary/aromatic N) is 2. The van der Waals surface area contributed by atoms with E-state index in [9.17, 15) is 18.0 Å². The number of anilines is 1. The second-order valence-corrected chi connectivity index (χ2v) is 5.98. The zero-order valence-corrected chi connectivity index (χ0v) is 12.1. The molecule has 2 heterocycles. The molecule has 2 amide bonds. The number of carbonyl (C=O) groups is 1. The van der Waals surface area contributed by atoms with E-state index in [0.717, 1.165) is 24.6 Å². The number of aromatic nitrogens is 1. The first-order valence-corrected chi connectivity index (χ1v) is 7.37. The van der Waals surface area contributed by atoms with Crippen LogP contribution in [0.25, 0.3) is 0 Å². The van der Waals surface area contributed by atoms with Crippen LogP contribution in [0.2, 0.25) is 0 Å². The van der Waals surface area contributed by atoms with Crippen molar-refractivity contribution >= 4 is 22.5 Å². The highest BCUT2D eigenvalue weighted by Gasteiger charge is 2.35. The third-order valence-corrected chi connectivity index (χ3v) is 4.14. The van der Waals surface area contributed by atoms with E-state index in [1.165, 1.54) is 12.5 Å². The molecule has 9 heteroatoms. The Hall–Kier alpha value is -2.03. The van der Waals surface area contributed by atoms with Crippen molar-refractivity contribution in [1.82, 2.24) is 9.88 Å². The van der Waals surface area contributed by atoms with Gasteiger partial charge in [0, 0.05) is 11.6 Å². The van der Waals surface area contributed by atoms with E-state index < -0.39 is 17.1 Å². The largest absolute Gasteiger partial charge is 0.472 e. The molecule has 0 bridgehead atoms. The van der Waals surface area contributed by atoms with Crippen molar-refractivity contribution in [1.29, 1.82) is 0 Å². The van der Waals surface area contributed by atoms with Crippen molar-refractivity contribution in [2.75, 3.05) is 5.32 Å². The zero-order chi connectivity index (χ0) is 15.7. The molecule has 1 saturated carbocycles. The Morgan fingerprint density at radius 3 is 2.82 bits per heavy atom. The smallest absolute Gasteiger partial charge is 0.427 e. The molecule has 1 fully saturated rings. The summed E-state index contributed by atoms with van der Waals surface area (Å²) in [6.07, 6.45) is 1.09. The molecule has 0 spiro atoms. The summed E-state index contributed by atoms with van der Waals surface area (Å²) in [5, 5.41) is 2.37. The van der Waals surface area contributed by atoms with Crippen LogP contribution in [0.3, 0.4) is 0 Å². The van der Waals surface area contributed by atoms with Gasteiger partial charge in [0.2, 0.25) is 0 Å². The van der Waals surface area contributed by atoms with Gasteiger partial charge in [0.1, 0.15) is 4.88 Å². The van der Waals surface area contributed by atoms with Crippen LogP contribution < -0.4 is 5.32 Å². The molecule has 118 valence electrons. The highest BCUT2D eigenvalue weighted by molar-refractivity contribution is 7.15. The molecule has 0 aromatic carbocycles. The first-order chi connectivity index (χ1) is 10.4. The fraction of sp³-hybridized carbons (Fsp3) is 0.385. The van der Waals surface area contributed by atoms with E-state index in [-0.39, 0.29) is 11.2 Å². The average molecular weight is 331 g/mol. The van der Waals surface area contributed by atoms with Gasteiger partial charge in [0.05, 0.1) is 25.3 Å². The van der Waals surface area contributed by atoms with Gasteiger partial charge < -0.3 is 9.32 Å². The SMILES string of the molecule is O=C(Nc1ncc(C(F)(F)F)s1)N(Cc1ccoc1)C1CC1. The third-order valence-electron chi connectivity index (χ3n) is 3.18. The summed E-state index contributed by atoms with van der Waals surface area (Å²) in [6.45, 7) is 0.352. The molecule has 0 unspecified atom stereocenters. The molecule has 22 heavy (non-hydrogen) atoms. The molecular weight excluding hydrogens is 319 g/mol. The van der Waals surface area contributed by atoms with Crippen molar-refractivity contribution in [2.45, 2.75) is 31.6 Å². The zero-order valence-electron chi connectivity index (χ0n) is 11.3. The van der Waals surface area contributed by atoms with Gasteiger partial charge in [-0.1, -0.05) is 11.3 Å². The van der Waals surface area contributed by atoms with Gasteiger partial charge >= 0.3 is 12.2 Å². The Bertz CT molecular complexity index is 650. The van der Waals surface area contributed by atoms with Crippen LogP contribution in [0, 0.1) is 0 Å². The van der Waals surface area contributed by atoms with Crippen LogP contribution in [0.1, 0.15) is 23.3 Å². The van der Waals surface area contributed by atoms with Crippen LogP contribution in [0.5, 0.6) is 0 Å².